The van der Waals surface area contributed by atoms with E-state index >= 15 is 0 Å². The number of thiophene rings is 1. The maximum Gasteiger partial charge on any atom is 0.349 e. The van der Waals surface area contributed by atoms with Crippen molar-refractivity contribution in [1.29, 1.82) is 0 Å². The van der Waals surface area contributed by atoms with E-state index in [9.17, 15) is 9.18 Å². The van der Waals surface area contributed by atoms with Crippen molar-refractivity contribution in [2.45, 2.75) is 13.5 Å². The Morgan fingerprint density at radius 1 is 1.28 bits per heavy atom. The topological polar surface area (TPSA) is 78.3 Å². The molecule has 0 fully saturated rings. The number of aromatic nitrogens is 3. The lowest BCUT2D eigenvalue weighted by Crippen LogP contribution is -2.13. The molecule has 4 aromatic rings. The van der Waals surface area contributed by atoms with Crippen molar-refractivity contribution >= 4 is 45.6 Å². The molecule has 4 rings (SSSR count). The summed E-state index contributed by atoms with van der Waals surface area (Å²) < 4.78 is 26.6. The van der Waals surface area contributed by atoms with Crippen molar-refractivity contribution in [1.82, 2.24) is 14.5 Å². The number of carbonyl (C=O) groups is 1. The van der Waals surface area contributed by atoms with Crippen LogP contribution in [0.4, 0.5) is 10.2 Å². The minimum absolute atomic E-state index is 0.297. The number of nitrogens with one attached hydrogen (secondary N) is 1. The lowest BCUT2D eigenvalue weighted by molar-refractivity contribution is 0.0606. The quantitative estimate of drug-likeness (QED) is 0.372. The molecular formula is C22H20ClFN4O3S. The van der Waals surface area contributed by atoms with Crippen LogP contribution in [0, 0.1) is 12.7 Å². The first-order chi connectivity index (χ1) is 15.4. The number of para-hydroxylation sites is 1. The summed E-state index contributed by atoms with van der Waals surface area (Å²) in [7, 11) is 2.89. The van der Waals surface area contributed by atoms with E-state index in [1.165, 1.54) is 30.8 Å². The molecule has 0 spiro atoms. The van der Waals surface area contributed by atoms with E-state index in [1.54, 1.807) is 25.3 Å². The largest absolute Gasteiger partial charge is 0.494 e. The first kappa shape index (κ1) is 22.0. The SMILES string of the molecule is COC(=O)c1sc(-c2cc(NCCn3c(C)c(OC)c4cccc(F)c43)ncn2)cc1Cl. The number of nitrogens with zero attached hydrogens (tertiary/aromatic N) is 3. The van der Waals surface area contributed by atoms with Gasteiger partial charge in [0.05, 0.1) is 41.0 Å². The number of carbonyl (C=O) groups excluding carboxylic acids is 1. The Hall–Kier alpha value is -3.17. The zero-order valence-electron chi connectivity index (χ0n) is 17.6. The van der Waals surface area contributed by atoms with Crippen molar-refractivity contribution in [3.05, 3.63) is 58.1 Å². The minimum Gasteiger partial charge on any atom is -0.494 e. The highest BCUT2D eigenvalue weighted by molar-refractivity contribution is 7.18. The Morgan fingerprint density at radius 2 is 2.09 bits per heavy atom. The molecule has 10 heteroatoms. The minimum atomic E-state index is -0.490. The molecule has 166 valence electrons. The van der Waals surface area contributed by atoms with E-state index in [0.29, 0.717) is 45.8 Å². The second-order valence-corrected chi connectivity index (χ2v) is 8.36. The van der Waals surface area contributed by atoms with Crippen LogP contribution in [0.5, 0.6) is 5.75 Å². The lowest BCUT2D eigenvalue weighted by atomic mass is 10.2. The number of ether oxygens (including phenoxy) is 2. The number of benzene rings is 1. The third kappa shape index (κ3) is 4.01. The van der Waals surface area contributed by atoms with Crippen LogP contribution < -0.4 is 10.1 Å². The van der Waals surface area contributed by atoms with Gasteiger partial charge < -0.3 is 19.4 Å². The molecule has 0 amide bonds. The van der Waals surface area contributed by atoms with Crippen molar-refractivity contribution < 1.29 is 18.7 Å². The lowest BCUT2D eigenvalue weighted by Gasteiger charge is -2.11. The van der Waals surface area contributed by atoms with Gasteiger partial charge in [-0.2, -0.15) is 0 Å². The molecular weight excluding hydrogens is 455 g/mol. The van der Waals surface area contributed by atoms with E-state index in [0.717, 1.165) is 16.0 Å². The number of halogens is 2. The van der Waals surface area contributed by atoms with Gasteiger partial charge in [0.25, 0.3) is 0 Å². The summed E-state index contributed by atoms with van der Waals surface area (Å²) in [5, 5.41) is 4.30. The molecule has 7 nitrogen and oxygen atoms in total. The molecule has 0 aliphatic heterocycles. The van der Waals surface area contributed by atoms with Crippen LogP contribution in [-0.4, -0.2) is 41.3 Å². The Balaban J connectivity index is 1.53. The molecule has 0 aliphatic rings. The van der Waals surface area contributed by atoms with E-state index in [-0.39, 0.29) is 5.82 Å². The molecule has 0 aliphatic carbocycles. The smallest absolute Gasteiger partial charge is 0.349 e. The van der Waals surface area contributed by atoms with Crippen molar-refractivity contribution in [3.8, 4) is 16.3 Å². The van der Waals surface area contributed by atoms with Crippen LogP contribution in [0.1, 0.15) is 15.4 Å². The van der Waals surface area contributed by atoms with Gasteiger partial charge in [-0.05, 0) is 25.1 Å². The number of methoxy groups -OCH3 is 2. The fourth-order valence-electron chi connectivity index (χ4n) is 3.61. The van der Waals surface area contributed by atoms with Crippen LogP contribution in [0.2, 0.25) is 5.02 Å². The molecule has 0 atom stereocenters. The van der Waals surface area contributed by atoms with Crippen molar-refractivity contribution in [2.75, 3.05) is 26.1 Å². The number of anilines is 1. The van der Waals surface area contributed by atoms with Crippen LogP contribution in [-0.2, 0) is 11.3 Å². The third-order valence-corrected chi connectivity index (χ3v) is 6.61. The van der Waals surface area contributed by atoms with Crippen LogP contribution in [0.3, 0.4) is 0 Å². The first-order valence-corrected chi connectivity index (χ1v) is 10.9. The fourth-order valence-corrected chi connectivity index (χ4v) is 4.91. The van der Waals surface area contributed by atoms with Crippen LogP contribution in [0.25, 0.3) is 21.5 Å². The van der Waals surface area contributed by atoms with Gasteiger partial charge in [0.15, 0.2) is 0 Å². The predicted octanol–water partition coefficient (Wildman–Crippen LogP) is 5.17. The summed E-state index contributed by atoms with van der Waals surface area (Å²) in [6.45, 7) is 2.90. The molecule has 0 radical (unpaired) electrons. The number of esters is 1. The highest BCUT2D eigenvalue weighted by atomic mass is 35.5. The summed E-state index contributed by atoms with van der Waals surface area (Å²) in [6, 6.07) is 8.41. The molecule has 32 heavy (non-hydrogen) atoms. The molecule has 0 saturated carbocycles. The van der Waals surface area contributed by atoms with Gasteiger partial charge in [-0.1, -0.05) is 17.7 Å². The fraction of sp³-hybridized carbons (Fsp3) is 0.227. The van der Waals surface area contributed by atoms with E-state index in [2.05, 4.69) is 15.3 Å². The normalized spacial score (nSPS) is 11.0. The predicted molar refractivity (Wildman–Crippen MR) is 123 cm³/mol. The van der Waals surface area contributed by atoms with E-state index in [1.807, 2.05) is 17.6 Å². The molecule has 0 saturated heterocycles. The van der Waals surface area contributed by atoms with Crippen molar-refractivity contribution in [3.63, 3.8) is 0 Å². The van der Waals surface area contributed by atoms with Gasteiger partial charge in [0.2, 0.25) is 0 Å². The molecule has 3 heterocycles. The highest BCUT2D eigenvalue weighted by Gasteiger charge is 2.18. The summed E-state index contributed by atoms with van der Waals surface area (Å²) in [5.41, 5.74) is 1.98. The van der Waals surface area contributed by atoms with Gasteiger partial charge in [0, 0.05) is 24.5 Å². The van der Waals surface area contributed by atoms with Crippen molar-refractivity contribution in [2.24, 2.45) is 0 Å². The second-order valence-electron chi connectivity index (χ2n) is 6.90. The van der Waals surface area contributed by atoms with Gasteiger partial charge >= 0.3 is 5.97 Å². The molecule has 1 aromatic carbocycles. The summed E-state index contributed by atoms with van der Waals surface area (Å²) in [4.78, 5) is 21.4. The Bertz CT molecular complexity index is 1300. The number of hydrogen-bond donors (Lipinski definition) is 1. The average molecular weight is 475 g/mol. The molecule has 3 aromatic heterocycles. The number of hydrogen-bond acceptors (Lipinski definition) is 7. The van der Waals surface area contributed by atoms with Gasteiger partial charge in [-0.25, -0.2) is 19.2 Å². The van der Waals surface area contributed by atoms with Crippen LogP contribution >= 0.6 is 22.9 Å². The molecule has 1 N–H and O–H groups in total. The first-order valence-electron chi connectivity index (χ1n) is 9.69. The van der Waals surface area contributed by atoms with Gasteiger partial charge in [-0.3, -0.25) is 0 Å². The summed E-state index contributed by atoms with van der Waals surface area (Å²) >= 11 is 7.36. The molecule has 0 bridgehead atoms. The Kier molecular flexibility index (Phi) is 6.29. The Labute approximate surface area is 192 Å². The molecule has 0 unspecified atom stereocenters. The number of rotatable bonds is 7. The van der Waals surface area contributed by atoms with Crippen LogP contribution in [0.15, 0.2) is 36.7 Å². The summed E-state index contributed by atoms with van der Waals surface area (Å²) in [6.07, 6.45) is 1.43. The van der Waals surface area contributed by atoms with Gasteiger partial charge in [0.1, 0.15) is 28.6 Å². The van der Waals surface area contributed by atoms with E-state index in [4.69, 9.17) is 21.1 Å². The highest BCUT2D eigenvalue weighted by Crippen LogP contribution is 2.35. The maximum absolute atomic E-state index is 14.5. The standard InChI is InChI=1S/C22H20ClFN4O3S/c1-12-20(30-2)13-5-4-6-15(24)19(13)28(12)8-7-25-18-10-16(26-11-27-18)17-9-14(23)21(32-17)22(29)31-3/h4-6,9-11H,7-8H2,1-3H3,(H,25,26,27). The maximum atomic E-state index is 14.5. The zero-order valence-corrected chi connectivity index (χ0v) is 19.2. The van der Waals surface area contributed by atoms with Gasteiger partial charge in [-0.15, -0.1) is 11.3 Å². The monoisotopic (exact) mass is 474 g/mol. The Morgan fingerprint density at radius 3 is 2.84 bits per heavy atom. The second kappa shape index (κ2) is 9.13. The van der Waals surface area contributed by atoms with E-state index < -0.39 is 5.97 Å². The third-order valence-electron chi connectivity index (χ3n) is 5.06. The summed E-state index contributed by atoms with van der Waals surface area (Å²) in [5.74, 6) is 0.477. The number of fused-ring (bicyclic) bond motifs is 1. The average Bonchev–Trinajstić information content (AvgIpc) is 3.31. The zero-order chi connectivity index (χ0) is 22.8.